The Morgan fingerprint density at radius 3 is 2.74 bits per heavy atom. The van der Waals surface area contributed by atoms with Crippen LogP contribution >= 0.6 is 11.8 Å². The van der Waals surface area contributed by atoms with Gasteiger partial charge in [-0.05, 0) is 44.3 Å². The highest BCUT2D eigenvalue weighted by molar-refractivity contribution is 7.99. The van der Waals surface area contributed by atoms with Gasteiger partial charge in [0.1, 0.15) is 5.52 Å². The number of aromatic amines is 1. The number of nitrogens with zero attached hydrogens (tertiary/aromatic N) is 3. The second kappa shape index (κ2) is 9.96. The second-order valence-electron chi connectivity index (χ2n) is 9.23. The third-order valence-corrected chi connectivity index (χ3v) is 6.84. The number of aromatic nitrogens is 3. The lowest BCUT2D eigenvalue weighted by Crippen LogP contribution is -2.22. The molecular weight excluding hydrogens is 404 g/mol. The van der Waals surface area contributed by atoms with Gasteiger partial charge in [-0.3, -0.25) is 4.79 Å². The summed E-state index contributed by atoms with van der Waals surface area (Å²) in [4.78, 5) is 27.6. The molecule has 0 spiro atoms. The number of thioether (sulfide) groups is 1. The normalized spacial score (nSPS) is 13.1. The van der Waals surface area contributed by atoms with Gasteiger partial charge in [-0.2, -0.15) is 11.8 Å². The first-order chi connectivity index (χ1) is 14.7. The average molecular weight is 439 g/mol. The lowest BCUT2D eigenvalue weighted by Gasteiger charge is -2.20. The van der Waals surface area contributed by atoms with Gasteiger partial charge in [-0.15, -0.1) is 0 Å². The van der Waals surface area contributed by atoms with E-state index in [1.165, 1.54) is 18.4 Å². The summed E-state index contributed by atoms with van der Waals surface area (Å²) in [6.45, 7) is 10.0. The van der Waals surface area contributed by atoms with E-state index in [4.69, 9.17) is 4.98 Å². The molecule has 0 saturated carbocycles. The predicted octanol–water partition coefficient (Wildman–Crippen LogP) is 5.82. The third-order valence-electron chi connectivity index (χ3n) is 5.60. The largest absolute Gasteiger partial charge is 0.344 e. The number of nitrogens with one attached hydrogen (secondary N) is 1. The predicted molar refractivity (Wildman–Crippen MR) is 132 cm³/mol. The number of ketones is 1. The molecule has 166 valence electrons. The van der Waals surface area contributed by atoms with E-state index in [0.717, 1.165) is 29.6 Å². The number of carbonyl (C=O) groups is 1. The van der Waals surface area contributed by atoms with E-state index in [1.807, 2.05) is 32.5 Å². The quantitative estimate of drug-likeness (QED) is 0.427. The Morgan fingerprint density at radius 2 is 2.06 bits per heavy atom. The molecule has 1 N–H and O–H groups in total. The SMILES string of the molecule is CCC(CCN(C)Cc1cccc(-c2cnc3[nH]cc(C(=O)C(C)(C)C)c3n2)c1)SC. The number of rotatable bonds is 9. The number of Topliss-reactive ketones (excluding diaryl/α,β-unsaturated/α-hetero) is 1. The lowest BCUT2D eigenvalue weighted by atomic mass is 9.87. The number of carbonyl (C=O) groups excluding carboxylic acids is 1. The summed E-state index contributed by atoms with van der Waals surface area (Å²) in [5, 5.41) is 0.724. The highest BCUT2D eigenvalue weighted by Crippen LogP contribution is 2.27. The number of fused-ring (bicyclic) bond motifs is 1. The maximum Gasteiger partial charge on any atom is 0.171 e. The van der Waals surface area contributed by atoms with Gasteiger partial charge < -0.3 is 9.88 Å². The van der Waals surface area contributed by atoms with Crippen molar-refractivity contribution in [1.29, 1.82) is 0 Å². The maximum absolute atomic E-state index is 12.8. The second-order valence-corrected chi connectivity index (χ2v) is 10.4. The van der Waals surface area contributed by atoms with Crippen molar-refractivity contribution in [2.24, 2.45) is 5.41 Å². The summed E-state index contributed by atoms with van der Waals surface area (Å²) in [7, 11) is 2.18. The van der Waals surface area contributed by atoms with Crippen LogP contribution in [0.3, 0.4) is 0 Å². The zero-order valence-corrected chi connectivity index (χ0v) is 20.3. The minimum atomic E-state index is -0.468. The minimum Gasteiger partial charge on any atom is -0.344 e. The molecule has 2 heterocycles. The standard InChI is InChI=1S/C25H34N4OS/c1-7-19(31-6)11-12-29(5)16-17-9-8-10-18(13-17)21-15-27-24-22(28-21)20(14-26-24)23(30)25(2,3)4/h8-10,13-15,19H,7,11-12,16H2,1-6H3,(H,26,27). The van der Waals surface area contributed by atoms with Gasteiger partial charge in [0.15, 0.2) is 11.4 Å². The Labute approximate surface area is 190 Å². The highest BCUT2D eigenvalue weighted by Gasteiger charge is 2.26. The van der Waals surface area contributed by atoms with Gasteiger partial charge >= 0.3 is 0 Å². The van der Waals surface area contributed by atoms with E-state index in [9.17, 15) is 4.79 Å². The first-order valence-electron chi connectivity index (χ1n) is 10.9. The molecule has 6 heteroatoms. The lowest BCUT2D eigenvalue weighted by molar-refractivity contribution is 0.0860. The van der Waals surface area contributed by atoms with Crippen LogP contribution in [-0.4, -0.2) is 50.7 Å². The molecule has 0 fully saturated rings. The van der Waals surface area contributed by atoms with E-state index in [1.54, 1.807) is 12.4 Å². The molecule has 3 aromatic rings. The molecule has 1 aromatic carbocycles. The summed E-state index contributed by atoms with van der Waals surface area (Å²) < 4.78 is 0. The average Bonchev–Trinajstić information content (AvgIpc) is 3.16. The van der Waals surface area contributed by atoms with E-state index >= 15 is 0 Å². The first-order valence-corrected chi connectivity index (χ1v) is 12.2. The van der Waals surface area contributed by atoms with Gasteiger partial charge in [-0.25, -0.2) is 9.97 Å². The molecule has 0 radical (unpaired) electrons. The Balaban J connectivity index is 1.81. The van der Waals surface area contributed by atoms with Crippen molar-refractivity contribution >= 4 is 28.7 Å². The van der Waals surface area contributed by atoms with Crippen LogP contribution in [0, 0.1) is 5.41 Å². The Bertz CT molecular complexity index is 1030. The molecule has 0 amide bonds. The van der Waals surface area contributed by atoms with Gasteiger partial charge in [0.05, 0.1) is 17.5 Å². The van der Waals surface area contributed by atoms with Crippen LogP contribution in [0.2, 0.25) is 0 Å². The smallest absolute Gasteiger partial charge is 0.171 e. The van der Waals surface area contributed by atoms with Crippen LogP contribution in [0.25, 0.3) is 22.4 Å². The zero-order valence-electron chi connectivity index (χ0n) is 19.5. The van der Waals surface area contributed by atoms with Gasteiger partial charge in [0.2, 0.25) is 0 Å². The van der Waals surface area contributed by atoms with Crippen molar-refractivity contribution in [2.75, 3.05) is 19.8 Å². The molecule has 31 heavy (non-hydrogen) atoms. The third kappa shape index (κ3) is 5.74. The fourth-order valence-electron chi connectivity index (χ4n) is 3.68. The number of hydrogen-bond donors (Lipinski definition) is 1. The molecule has 2 aromatic heterocycles. The molecule has 5 nitrogen and oxygen atoms in total. The van der Waals surface area contributed by atoms with E-state index in [0.29, 0.717) is 16.7 Å². The molecule has 3 rings (SSSR count). The minimum absolute atomic E-state index is 0.0659. The highest BCUT2D eigenvalue weighted by atomic mass is 32.2. The Kier molecular flexibility index (Phi) is 7.55. The monoisotopic (exact) mass is 438 g/mol. The fourth-order valence-corrected chi connectivity index (χ4v) is 4.35. The van der Waals surface area contributed by atoms with Crippen LogP contribution in [0.15, 0.2) is 36.7 Å². The van der Waals surface area contributed by atoms with E-state index < -0.39 is 5.41 Å². The van der Waals surface area contributed by atoms with Crippen LogP contribution in [0.1, 0.15) is 56.5 Å². The Hall–Kier alpha value is -2.18. The molecule has 0 saturated heterocycles. The fraction of sp³-hybridized carbons (Fsp3) is 0.480. The molecule has 0 aliphatic carbocycles. The van der Waals surface area contributed by atoms with Crippen molar-refractivity contribution < 1.29 is 4.79 Å². The summed E-state index contributed by atoms with van der Waals surface area (Å²) in [5.41, 5.74) is 4.48. The topological polar surface area (TPSA) is 61.9 Å². The maximum atomic E-state index is 12.8. The molecule has 0 aliphatic rings. The molecule has 1 unspecified atom stereocenters. The zero-order chi connectivity index (χ0) is 22.6. The number of benzene rings is 1. The number of H-pyrrole nitrogens is 1. The molecule has 0 bridgehead atoms. The van der Waals surface area contributed by atoms with Gasteiger partial charge in [0, 0.05) is 29.0 Å². The van der Waals surface area contributed by atoms with Gasteiger partial charge in [0.25, 0.3) is 0 Å². The molecular formula is C25H34N4OS. The number of hydrogen-bond acceptors (Lipinski definition) is 5. The van der Waals surface area contributed by atoms with Crippen molar-refractivity contribution in [3.05, 3.63) is 47.8 Å². The molecule has 1 atom stereocenters. The van der Waals surface area contributed by atoms with Crippen molar-refractivity contribution in [1.82, 2.24) is 19.9 Å². The first kappa shape index (κ1) is 23.5. The Morgan fingerprint density at radius 1 is 1.29 bits per heavy atom. The van der Waals surface area contributed by atoms with Gasteiger partial charge in [-0.1, -0.05) is 45.9 Å². The van der Waals surface area contributed by atoms with Crippen molar-refractivity contribution in [2.45, 2.75) is 52.3 Å². The van der Waals surface area contributed by atoms with E-state index in [2.05, 4.69) is 59.4 Å². The van der Waals surface area contributed by atoms with E-state index in [-0.39, 0.29) is 5.78 Å². The van der Waals surface area contributed by atoms with Crippen LogP contribution < -0.4 is 0 Å². The summed E-state index contributed by atoms with van der Waals surface area (Å²) in [6, 6.07) is 8.45. The summed E-state index contributed by atoms with van der Waals surface area (Å²) in [6.07, 6.45) is 8.11. The van der Waals surface area contributed by atoms with Crippen LogP contribution in [0.4, 0.5) is 0 Å². The summed E-state index contributed by atoms with van der Waals surface area (Å²) >= 11 is 1.96. The van der Waals surface area contributed by atoms with Crippen LogP contribution in [-0.2, 0) is 6.54 Å². The van der Waals surface area contributed by atoms with Crippen molar-refractivity contribution in [3.8, 4) is 11.3 Å². The summed E-state index contributed by atoms with van der Waals surface area (Å²) in [5.74, 6) is 0.0659. The van der Waals surface area contributed by atoms with Crippen LogP contribution in [0.5, 0.6) is 0 Å². The molecule has 0 aliphatic heterocycles. The van der Waals surface area contributed by atoms with Crippen molar-refractivity contribution in [3.63, 3.8) is 0 Å².